The van der Waals surface area contributed by atoms with Crippen LogP contribution in [-0.2, 0) is 9.59 Å². The largest absolute Gasteiger partial charge is 0.480 e. The van der Waals surface area contributed by atoms with Gasteiger partial charge in [-0.1, -0.05) is 39.3 Å². The Morgan fingerprint density at radius 3 is 2.29 bits per heavy atom. The zero-order chi connectivity index (χ0) is 16.0. The molecule has 2 N–H and O–H groups in total. The van der Waals surface area contributed by atoms with E-state index in [1.54, 1.807) is 19.1 Å². The summed E-state index contributed by atoms with van der Waals surface area (Å²) in [6.07, 6.45) is 0.844. The molecule has 21 heavy (non-hydrogen) atoms. The summed E-state index contributed by atoms with van der Waals surface area (Å²) in [6, 6.07) is 5.10. The van der Waals surface area contributed by atoms with E-state index in [9.17, 15) is 14.0 Å². The monoisotopic (exact) mass is 295 g/mol. The maximum absolute atomic E-state index is 12.9. The normalized spacial score (nSPS) is 15.0. The van der Waals surface area contributed by atoms with E-state index in [1.807, 2.05) is 13.8 Å². The molecule has 0 aliphatic carbocycles. The van der Waals surface area contributed by atoms with Gasteiger partial charge in [-0.05, 0) is 29.5 Å². The van der Waals surface area contributed by atoms with Crippen LogP contribution < -0.4 is 5.32 Å². The van der Waals surface area contributed by atoms with Gasteiger partial charge in [0.1, 0.15) is 11.9 Å². The molecule has 0 spiro atoms. The summed E-state index contributed by atoms with van der Waals surface area (Å²) in [6.45, 7) is 5.53. The molecular formula is C16H22FNO3. The highest BCUT2D eigenvalue weighted by Gasteiger charge is 2.25. The van der Waals surface area contributed by atoms with Crippen molar-refractivity contribution in [3.63, 3.8) is 0 Å². The lowest BCUT2D eigenvalue weighted by Gasteiger charge is -2.21. The van der Waals surface area contributed by atoms with Crippen molar-refractivity contribution >= 4 is 11.9 Å². The molecule has 0 aromatic heterocycles. The Kier molecular flexibility index (Phi) is 6.34. The number of amides is 1. The van der Waals surface area contributed by atoms with E-state index in [0.29, 0.717) is 6.42 Å². The molecule has 0 radical (unpaired) electrons. The number of rotatable bonds is 7. The zero-order valence-corrected chi connectivity index (χ0v) is 12.6. The van der Waals surface area contributed by atoms with Crippen LogP contribution in [0.25, 0.3) is 0 Å². The number of carbonyl (C=O) groups excluding carboxylic acids is 1. The number of halogens is 1. The number of aliphatic carboxylic acids is 1. The molecule has 3 atom stereocenters. The number of carbonyl (C=O) groups is 2. The Morgan fingerprint density at radius 2 is 1.81 bits per heavy atom. The lowest BCUT2D eigenvalue weighted by Crippen LogP contribution is -2.45. The van der Waals surface area contributed by atoms with E-state index in [0.717, 1.165) is 5.56 Å². The molecule has 1 aromatic rings. The third kappa shape index (κ3) is 5.17. The van der Waals surface area contributed by atoms with Gasteiger partial charge in [0.05, 0.1) is 0 Å². The Morgan fingerprint density at radius 1 is 1.24 bits per heavy atom. The van der Waals surface area contributed by atoms with Crippen LogP contribution >= 0.6 is 0 Å². The molecule has 0 aliphatic rings. The maximum Gasteiger partial charge on any atom is 0.326 e. The number of hydrogen-bond acceptors (Lipinski definition) is 2. The molecule has 1 amide bonds. The average molecular weight is 295 g/mol. The molecule has 0 bridgehead atoms. The van der Waals surface area contributed by atoms with Crippen molar-refractivity contribution in [3.05, 3.63) is 35.6 Å². The van der Waals surface area contributed by atoms with Gasteiger partial charge < -0.3 is 10.4 Å². The van der Waals surface area contributed by atoms with Crippen LogP contribution in [0.2, 0.25) is 0 Å². The van der Waals surface area contributed by atoms with Crippen molar-refractivity contribution in [2.75, 3.05) is 0 Å². The fourth-order valence-corrected chi connectivity index (χ4v) is 2.10. The Bertz CT molecular complexity index is 487. The minimum atomic E-state index is -1.02. The second kappa shape index (κ2) is 7.76. The number of carboxylic acids is 1. The van der Waals surface area contributed by atoms with Crippen molar-refractivity contribution < 1.29 is 19.1 Å². The van der Waals surface area contributed by atoms with Gasteiger partial charge in [0, 0.05) is 6.42 Å². The van der Waals surface area contributed by atoms with Crippen LogP contribution in [0.15, 0.2) is 24.3 Å². The summed E-state index contributed by atoms with van der Waals surface area (Å²) in [7, 11) is 0. The first-order valence-electron chi connectivity index (χ1n) is 7.12. The molecule has 0 aliphatic heterocycles. The van der Waals surface area contributed by atoms with Crippen LogP contribution in [-0.4, -0.2) is 23.0 Å². The Labute approximate surface area is 124 Å². The average Bonchev–Trinajstić information content (AvgIpc) is 2.44. The van der Waals surface area contributed by atoms with E-state index < -0.39 is 12.0 Å². The molecule has 0 saturated carbocycles. The van der Waals surface area contributed by atoms with E-state index >= 15 is 0 Å². The predicted molar refractivity (Wildman–Crippen MR) is 78.5 cm³/mol. The van der Waals surface area contributed by atoms with Gasteiger partial charge in [0.15, 0.2) is 0 Å². The van der Waals surface area contributed by atoms with Crippen molar-refractivity contribution in [1.82, 2.24) is 5.32 Å². The summed E-state index contributed by atoms with van der Waals surface area (Å²) in [5, 5.41) is 11.7. The van der Waals surface area contributed by atoms with Crippen LogP contribution in [0.4, 0.5) is 4.39 Å². The molecule has 116 valence electrons. The van der Waals surface area contributed by atoms with Gasteiger partial charge in [0.2, 0.25) is 5.91 Å². The van der Waals surface area contributed by atoms with Crippen LogP contribution in [0.5, 0.6) is 0 Å². The van der Waals surface area contributed by atoms with Gasteiger partial charge in [0.25, 0.3) is 0 Å². The number of nitrogens with one attached hydrogen (secondary N) is 1. The van der Waals surface area contributed by atoms with Crippen molar-refractivity contribution in [2.24, 2.45) is 5.92 Å². The summed E-state index contributed by atoms with van der Waals surface area (Å²) in [4.78, 5) is 23.2. The SMILES string of the molecule is CCC(C)C(NC(=O)CC(C)c1ccc(F)cc1)C(=O)O. The first-order chi connectivity index (χ1) is 9.85. The van der Waals surface area contributed by atoms with Gasteiger partial charge in [-0.25, -0.2) is 9.18 Å². The fourth-order valence-electron chi connectivity index (χ4n) is 2.10. The first kappa shape index (κ1) is 17.1. The minimum Gasteiger partial charge on any atom is -0.480 e. The molecule has 5 heteroatoms. The van der Waals surface area contributed by atoms with Crippen LogP contribution in [0.3, 0.4) is 0 Å². The third-order valence-corrected chi connectivity index (χ3v) is 3.73. The first-order valence-corrected chi connectivity index (χ1v) is 7.12. The second-order valence-corrected chi connectivity index (χ2v) is 5.43. The van der Waals surface area contributed by atoms with Crippen molar-refractivity contribution in [3.8, 4) is 0 Å². The number of hydrogen-bond donors (Lipinski definition) is 2. The number of benzene rings is 1. The summed E-state index contributed by atoms with van der Waals surface area (Å²) in [5.74, 6) is -1.88. The summed E-state index contributed by atoms with van der Waals surface area (Å²) in [5.41, 5.74) is 0.849. The number of carboxylic acid groups (broad SMARTS) is 1. The van der Waals surface area contributed by atoms with Gasteiger partial charge in [-0.2, -0.15) is 0 Å². The summed E-state index contributed by atoms with van der Waals surface area (Å²) < 4.78 is 12.9. The molecule has 0 heterocycles. The molecule has 1 aromatic carbocycles. The fraction of sp³-hybridized carbons (Fsp3) is 0.500. The quantitative estimate of drug-likeness (QED) is 0.812. The van der Waals surface area contributed by atoms with E-state index in [-0.39, 0.29) is 30.0 Å². The lowest BCUT2D eigenvalue weighted by atomic mass is 9.96. The van der Waals surface area contributed by atoms with Gasteiger partial charge >= 0.3 is 5.97 Å². The summed E-state index contributed by atoms with van der Waals surface area (Å²) >= 11 is 0. The van der Waals surface area contributed by atoms with E-state index in [1.165, 1.54) is 12.1 Å². The molecule has 4 nitrogen and oxygen atoms in total. The van der Waals surface area contributed by atoms with Gasteiger partial charge in [-0.15, -0.1) is 0 Å². The smallest absolute Gasteiger partial charge is 0.326 e. The van der Waals surface area contributed by atoms with Crippen LogP contribution in [0.1, 0.15) is 45.1 Å². The maximum atomic E-state index is 12.9. The van der Waals surface area contributed by atoms with E-state index in [4.69, 9.17) is 5.11 Å². The lowest BCUT2D eigenvalue weighted by molar-refractivity contribution is -0.143. The highest BCUT2D eigenvalue weighted by Crippen LogP contribution is 2.19. The molecular weight excluding hydrogens is 273 g/mol. The van der Waals surface area contributed by atoms with Gasteiger partial charge in [-0.3, -0.25) is 4.79 Å². The molecule has 0 saturated heterocycles. The van der Waals surface area contributed by atoms with E-state index in [2.05, 4.69) is 5.32 Å². The van der Waals surface area contributed by atoms with Crippen LogP contribution in [0, 0.1) is 11.7 Å². The van der Waals surface area contributed by atoms with Crippen molar-refractivity contribution in [2.45, 2.75) is 45.6 Å². The predicted octanol–water partition coefficient (Wildman–Crippen LogP) is 2.93. The second-order valence-electron chi connectivity index (χ2n) is 5.43. The molecule has 0 fully saturated rings. The Hall–Kier alpha value is -1.91. The zero-order valence-electron chi connectivity index (χ0n) is 12.6. The molecule has 3 unspecified atom stereocenters. The Balaban J connectivity index is 2.63. The highest BCUT2D eigenvalue weighted by molar-refractivity contribution is 5.84. The molecule has 1 rings (SSSR count). The highest BCUT2D eigenvalue weighted by atomic mass is 19.1. The topological polar surface area (TPSA) is 66.4 Å². The standard InChI is InChI=1S/C16H22FNO3/c1-4-10(2)15(16(20)21)18-14(19)9-11(3)12-5-7-13(17)8-6-12/h5-8,10-11,15H,4,9H2,1-3H3,(H,18,19)(H,20,21). The minimum absolute atomic E-state index is 0.100. The third-order valence-electron chi connectivity index (χ3n) is 3.73. The van der Waals surface area contributed by atoms with Crippen molar-refractivity contribution in [1.29, 1.82) is 0 Å².